The fourth-order valence-corrected chi connectivity index (χ4v) is 1.28. The minimum absolute atomic E-state index is 0.296. The number of carboxylic acids is 1. The summed E-state index contributed by atoms with van der Waals surface area (Å²) in [4.78, 5) is 10.5. The first-order valence-corrected chi connectivity index (χ1v) is 4.60. The van der Waals surface area contributed by atoms with Gasteiger partial charge in [0.2, 0.25) is 0 Å². The molecule has 0 aliphatic rings. The lowest BCUT2D eigenvalue weighted by molar-refractivity contribution is 0.0692. The molecule has 0 aliphatic heterocycles. The fraction of sp³-hybridized carbons (Fsp3) is 0.250. The monoisotopic (exact) mass is 206 g/mol. The molecule has 0 heterocycles. The maximum Gasteiger partial charge on any atom is 0.338 e. The van der Waals surface area contributed by atoms with Crippen molar-refractivity contribution in [1.29, 1.82) is 0 Å². The van der Waals surface area contributed by atoms with Crippen LogP contribution in [0.15, 0.2) is 18.2 Å². The van der Waals surface area contributed by atoms with Crippen LogP contribution in [-0.2, 0) is 6.42 Å². The predicted octanol–water partition coefficient (Wildman–Crippen LogP) is 2.48. The van der Waals surface area contributed by atoms with Crippen LogP contribution in [0.1, 0.15) is 28.8 Å². The standard InChI is InChI=1S/C12H11FO2/c1-2-3-4-5-9-6-7-10(12(14)15)11(13)8-9/h1,6-8H,3-5H2,(H,14,15). The van der Waals surface area contributed by atoms with E-state index in [1.54, 1.807) is 6.07 Å². The van der Waals surface area contributed by atoms with Crippen LogP contribution in [0.3, 0.4) is 0 Å². The predicted molar refractivity (Wildman–Crippen MR) is 55.1 cm³/mol. The topological polar surface area (TPSA) is 37.3 Å². The molecular weight excluding hydrogens is 195 g/mol. The van der Waals surface area contributed by atoms with E-state index in [0.717, 1.165) is 12.0 Å². The highest BCUT2D eigenvalue weighted by atomic mass is 19.1. The summed E-state index contributed by atoms with van der Waals surface area (Å²) >= 11 is 0. The van der Waals surface area contributed by atoms with E-state index in [0.29, 0.717) is 12.8 Å². The molecule has 0 saturated carbocycles. The second-order valence-corrected chi connectivity index (χ2v) is 3.18. The number of aromatic carboxylic acids is 1. The zero-order chi connectivity index (χ0) is 11.3. The van der Waals surface area contributed by atoms with E-state index in [2.05, 4.69) is 5.92 Å². The Kier molecular flexibility index (Phi) is 3.87. The molecule has 3 heteroatoms. The third-order valence-electron chi connectivity index (χ3n) is 2.05. The van der Waals surface area contributed by atoms with Crippen LogP contribution in [0.5, 0.6) is 0 Å². The Morgan fingerprint density at radius 2 is 2.27 bits per heavy atom. The Morgan fingerprint density at radius 3 is 2.80 bits per heavy atom. The summed E-state index contributed by atoms with van der Waals surface area (Å²) in [6.07, 6.45) is 7.17. The molecular formula is C12H11FO2. The molecule has 0 unspecified atom stereocenters. The quantitative estimate of drug-likeness (QED) is 0.607. The first-order valence-electron chi connectivity index (χ1n) is 4.60. The van der Waals surface area contributed by atoms with E-state index in [4.69, 9.17) is 11.5 Å². The van der Waals surface area contributed by atoms with Crippen LogP contribution in [0.2, 0.25) is 0 Å². The Bertz CT molecular complexity index is 405. The molecule has 0 spiro atoms. The van der Waals surface area contributed by atoms with Gasteiger partial charge in [-0.25, -0.2) is 9.18 Å². The zero-order valence-electron chi connectivity index (χ0n) is 8.16. The van der Waals surface area contributed by atoms with E-state index in [-0.39, 0.29) is 5.56 Å². The van der Waals surface area contributed by atoms with Crippen molar-refractivity contribution in [3.05, 3.63) is 35.1 Å². The highest BCUT2D eigenvalue weighted by molar-refractivity contribution is 5.87. The van der Waals surface area contributed by atoms with Gasteiger partial charge in [0, 0.05) is 6.42 Å². The van der Waals surface area contributed by atoms with E-state index < -0.39 is 11.8 Å². The molecule has 1 aromatic carbocycles. The largest absolute Gasteiger partial charge is 0.478 e. The zero-order valence-corrected chi connectivity index (χ0v) is 8.16. The normalized spacial score (nSPS) is 9.60. The van der Waals surface area contributed by atoms with Gasteiger partial charge in [-0.05, 0) is 30.5 Å². The van der Waals surface area contributed by atoms with Gasteiger partial charge in [-0.15, -0.1) is 12.3 Å². The minimum Gasteiger partial charge on any atom is -0.478 e. The van der Waals surface area contributed by atoms with Gasteiger partial charge in [0.1, 0.15) is 5.82 Å². The van der Waals surface area contributed by atoms with Gasteiger partial charge in [0.05, 0.1) is 5.56 Å². The van der Waals surface area contributed by atoms with Crippen LogP contribution >= 0.6 is 0 Å². The summed E-state index contributed by atoms with van der Waals surface area (Å²) < 4.78 is 13.2. The summed E-state index contributed by atoms with van der Waals surface area (Å²) in [5.41, 5.74) is 0.475. The molecule has 0 radical (unpaired) electrons. The molecule has 0 aliphatic carbocycles. The van der Waals surface area contributed by atoms with Crippen LogP contribution in [-0.4, -0.2) is 11.1 Å². The Morgan fingerprint density at radius 1 is 1.53 bits per heavy atom. The van der Waals surface area contributed by atoms with Crippen LogP contribution < -0.4 is 0 Å². The van der Waals surface area contributed by atoms with E-state index in [1.807, 2.05) is 0 Å². The van der Waals surface area contributed by atoms with E-state index in [1.165, 1.54) is 12.1 Å². The number of carbonyl (C=O) groups is 1. The molecule has 1 aromatic rings. The van der Waals surface area contributed by atoms with Gasteiger partial charge in [0.25, 0.3) is 0 Å². The first-order chi connectivity index (χ1) is 7.15. The van der Waals surface area contributed by atoms with Crippen molar-refractivity contribution in [3.63, 3.8) is 0 Å². The van der Waals surface area contributed by atoms with Crippen molar-refractivity contribution in [2.24, 2.45) is 0 Å². The third-order valence-corrected chi connectivity index (χ3v) is 2.05. The number of carboxylic acid groups (broad SMARTS) is 1. The molecule has 1 rings (SSSR count). The average molecular weight is 206 g/mol. The van der Waals surface area contributed by atoms with Gasteiger partial charge in [-0.3, -0.25) is 0 Å². The van der Waals surface area contributed by atoms with Crippen LogP contribution in [0.4, 0.5) is 4.39 Å². The molecule has 2 nitrogen and oxygen atoms in total. The number of hydrogen-bond acceptors (Lipinski definition) is 1. The smallest absolute Gasteiger partial charge is 0.338 e. The fourth-order valence-electron chi connectivity index (χ4n) is 1.28. The van der Waals surface area contributed by atoms with Crippen molar-refractivity contribution in [1.82, 2.24) is 0 Å². The molecule has 78 valence electrons. The van der Waals surface area contributed by atoms with Crippen molar-refractivity contribution < 1.29 is 14.3 Å². The van der Waals surface area contributed by atoms with Crippen LogP contribution in [0.25, 0.3) is 0 Å². The van der Waals surface area contributed by atoms with Crippen molar-refractivity contribution in [2.75, 3.05) is 0 Å². The van der Waals surface area contributed by atoms with Gasteiger partial charge < -0.3 is 5.11 Å². The summed E-state index contributed by atoms with van der Waals surface area (Å²) in [7, 11) is 0. The molecule has 1 N–H and O–H groups in total. The second kappa shape index (κ2) is 5.16. The number of rotatable bonds is 4. The highest BCUT2D eigenvalue weighted by Gasteiger charge is 2.09. The molecule has 0 aromatic heterocycles. The van der Waals surface area contributed by atoms with Gasteiger partial charge >= 0.3 is 5.97 Å². The van der Waals surface area contributed by atoms with Crippen molar-refractivity contribution >= 4 is 5.97 Å². The lowest BCUT2D eigenvalue weighted by atomic mass is 10.1. The number of halogens is 1. The summed E-state index contributed by atoms with van der Waals surface area (Å²) in [5, 5.41) is 8.60. The maximum atomic E-state index is 13.2. The number of terminal acetylenes is 1. The maximum absolute atomic E-state index is 13.2. The summed E-state index contributed by atoms with van der Waals surface area (Å²) in [6.45, 7) is 0. The average Bonchev–Trinajstić information content (AvgIpc) is 2.17. The SMILES string of the molecule is C#CCCCc1ccc(C(=O)O)c(F)c1. The Hall–Kier alpha value is -1.82. The Labute approximate surface area is 87.7 Å². The number of aryl methyl sites for hydroxylation is 1. The Balaban J connectivity index is 2.74. The highest BCUT2D eigenvalue weighted by Crippen LogP contribution is 2.12. The molecule has 15 heavy (non-hydrogen) atoms. The van der Waals surface area contributed by atoms with Gasteiger partial charge in [-0.2, -0.15) is 0 Å². The second-order valence-electron chi connectivity index (χ2n) is 3.18. The molecule has 0 amide bonds. The molecule has 0 atom stereocenters. The van der Waals surface area contributed by atoms with E-state index >= 15 is 0 Å². The van der Waals surface area contributed by atoms with E-state index in [9.17, 15) is 9.18 Å². The third kappa shape index (κ3) is 3.10. The van der Waals surface area contributed by atoms with Crippen LogP contribution in [0, 0.1) is 18.2 Å². The van der Waals surface area contributed by atoms with Gasteiger partial charge in [0.15, 0.2) is 0 Å². The lowest BCUT2D eigenvalue weighted by Gasteiger charge is -2.02. The number of benzene rings is 1. The first kappa shape index (κ1) is 11.3. The molecule has 0 bridgehead atoms. The number of hydrogen-bond donors (Lipinski definition) is 1. The minimum atomic E-state index is -1.25. The molecule has 0 saturated heterocycles. The summed E-state index contributed by atoms with van der Waals surface area (Å²) in [5.74, 6) is 0.553. The van der Waals surface area contributed by atoms with Gasteiger partial charge in [-0.1, -0.05) is 6.07 Å². The lowest BCUT2D eigenvalue weighted by Crippen LogP contribution is -2.01. The molecule has 0 fully saturated rings. The van der Waals surface area contributed by atoms with Crippen molar-refractivity contribution in [2.45, 2.75) is 19.3 Å². The van der Waals surface area contributed by atoms with Crippen molar-refractivity contribution in [3.8, 4) is 12.3 Å². The summed E-state index contributed by atoms with van der Waals surface area (Å²) in [6, 6.07) is 4.14. The number of unbranched alkanes of at least 4 members (excludes halogenated alkanes) is 1.